The van der Waals surface area contributed by atoms with Crippen molar-refractivity contribution in [2.45, 2.75) is 44.0 Å². The van der Waals surface area contributed by atoms with E-state index in [4.69, 9.17) is 0 Å². The van der Waals surface area contributed by atoms with Gasteiger partial charge >= 0.3 is 0 Å². The Kier molecular flexibility index (Phi) is 8.42. The lowest BCUT2D eigenvalue weighted by Gasteiger charge is -2.11. The first-order chi connectivity index (χ1) is 11.3. The van der Waals surface area contributed by atoms with Crippen molar-refractivity contribution < 1.29 is 18.0 Å². The molecule has 24 heavy (non-hydrogen) atoms. The molecule has 134 valence electrons. The van der Waals surface area contributed by atoms with Crippen LogP contribution in [0.5, 0.6) is 0 Å². The van der Waals surface area contributed by atoms with Gasteiger partial charge in [0.15, 0.2) is 0 Å². The van der Waals surface area contributed by atoms with E-state index in [1.165, 1.54) is 12.1 Å². The van der Waals surface area contributed by atoms with Crippen LogP contribution < -0.4 is 15.4 Å². The molecule has 0 aliphatic carbocycles. The second-order valence-electron chi connectivity index (χ2n) is 5.44. The molecule has 0 fully saturated rings. The predicted octanol–water partition coefficient (Wildman–Crippen LogP) is 0.776. The van der Waals surface area contributed by atoms with Crippen molar-refractivity contribution in [3.8, 4) is 0 Å². The molecule has 1 unspecified atom stereocenters. The number of benzene rings is 1. The zero-order valence-corrected chi connectivity index (χ0v) is 14.9. The number of sulfonamides is 1. The smallest absolute Gasteiger partial charge is 0.240 e. The van der Waals surface area contributed by atoms with Crippen LogP contribution in [0.3, 0.4) is 0 Å². The fraction of sp³-hybridized carbons (Fsp3) is 0.500. The van der Waals surface area contributed by atoms with Crippen LogP contribution in [0.4, 0.5) is 0 Å². The largest absolute Gasteiger partial charge is 0.356 e. The molecule has 1 aromatic carbocycles. The third-order valence-corrected chi connectivity index (χ3v) is 4.87. The van der Waals surface area contributed by atoms with Crippen LogP contribution in [0.2, 0.25) is 0 Å². The molecule has 0 bridgehead atoms. The Bertz CT molecular complexity index is 632. The molecule has 3 N–H and O–H groups in total. The van der Waals surface area contributed by atoms with Gasteiger partial charge in [0.1, 0.15) is 0 Å². The third-order valence-electron chi connectivity index (χ3n) is 3.39. The minimum Gasteiger partial charge on any atom is -0.356 e. The highest BCUT2D eigenvalue weighted by Crippen LogP contribution is 2.06. The van der Waals surface area contributed by atoms with E-state index in [9.17, 15) is 18.0 Å². The summed E-state index contributed by atoms with van der Waals surface area (Å²) in [6, 6.07) is 8.07. The second kappa shape index (κ2) is 10.0. The molecule has 1 rings (SSSR count). The van der Waals surface area contributed by atoms with Gasteiger partial charge in [-0.15, -0.1) is 0 Å². The number of nitrogens with one attached hydrogen (secondary N) is 3. The molecular weight excluding hydrogens is 330 g/mol. The van der Waals surface area contributed by atoms with Gasteiger partial charge in [-0.1, -0.05) is 25.1 Å². The van der Waals surface area contributed by atoms with Crippen LogP contribution in [0.25, 0.3) is 0 Å². The molecule has 0 heterocycles. The van der Waals surface area contributed by atoms with Crippen molar-refractivity contribution in [3.05, 3.63) is 30.3 Å². The molecule has 0 aliphatic heterocycles. The van der Waals surface area contributed by atoms with Gasteiger partial charge in [-0.25, -0.2) is 13.1 Å². The lowest BCUT2D eigenvalue weighted by atomic mass is 10.2. The topological polar surface area (TPSA) is 104 Å². The standard InChI is InChI=1S/C16H25N3O4S/c1-3-13(2)19-16(21)9-11-17-15(20)10-12-18-24(22,23)14-7-5-4-6-8-14/h4-8,13,18H,3,9-12H2,1-2H3,(H,17,20)(H,19,21). The maximum absolute atomic E-state index is 12.0. The van der Waals surface area contributed by atoms with Gasteiger partial charge < -0.3 is 10.6 Å². The van der Waals surface area contributed by atoms with Crippen LogP contribution in [0, 0.1) is 0 Å². The van der Waals surface area contributed by atoms with Crippen LogP contribution in [0.1, 0.15) is 33.1 Å². The lowest BCUT2D eigenvalue weighted by Crippen LogP contribution is -2.36. The molecule has 7 nitrogen and oxygen atoms in total. The summed E-state index contributed by atoms with van der Waals surface area (Å²) in [4.78, 5) is 23.3. The van der Waals surface area contributed by atoms with E-state index in [0.29, 0.717) is 0 Å². The van der Waals surface area contributed by atoms with E-state index in [1.54, 1.807) is 18.2 Å². The number of carbonyl (C=O) groups is 2. The number of carbonyl (C=O) groups excluding carboxylic acids is 2. The van der Waals surface area contributed by atoms with Gasteiger partial charge in [0.05, 0.1) is 4.90 Å². The first-order valence-corrected chi connectivity index (χ1v) is 9.44. The summed E-state index contributed by atoms with van der Waals surface area (Å²) in [6.07, 6.45) is 1.06. The minimum atomic E-state index is -3.60. The Morgan fingerprint density at radius 3 is 2.29 bits per heavy atom. The molecule has 2 amide bonds. The fourth-order valence-corrected chi connectivity index (χ4v) is 2.89. The van der Waals surface area contributed by atoms with E-state index >= 15 is 0 Å². The number of rotatable bonds is 10. The summed E-state index contributed by atoms with van der Waals surface area (Å²) in [5, 5.41) is 5.40. The molecule has 0 aliphatic rings. The van der Waals surface area contributed by atoms with Crippen LogP contribution in [-0.2, 0) is 19.6 Å². The molecule has 0 radical (unpaired) electrons. The van der Waals surface area contributed by atoms with Gasteiger partial charge in [0, 0.05) is 32.0 Å². The summed E-state index contributed by atoms with van der Waals surface area (Å²) < 4.78 is 26.3. The molecule has 0 saturated heterocycles. The Morgan fingerprint density at radius 2 is 1.67 bits per heavy atom. The van der Waals surface area contributed by atoms with Crippen molar-refractivity contribution in [1.29, 1.82) is 0 Å². The molecule has 1 aromatic rings. The van der Waals surface area contributed by atoms with Crippen LogP contribution >= 0.6 is 0 Å². The molecule has 0 spiro atoms. The van der Waals surface area contributed by atoms with E-state index in [-0.39, 0.29) is 48.7 Å². The monoisotopic (exact) mass is 355 g/mol. The first-order valence-electron chi connectivity index (χ1n) is 7.96. The summed E-state index contributed by atoms with van der Waals surface area (Å²) in [5.74, 6) is -0.420. The quantitative estimate of drug-likeness (QED) is 0.577. The van der Waals surface area contributed by atoms with Crippen LogP contribution in [0.15, 0.2) is 35.2 Å². The van der Waals surface area contributed by atoms with Gasteiger partial charge in [-0.05, 0) is 25.5 Å². The van der Waals surface area contributed by atoms with E-state index in [0.717, 1.165) is 6.42 Å². The van der Waals surface area contributed by atoms with Crippen molar-refractivity contribution in [3.63, 3.8) is 0 Å². The average molecular weight is 355 g/mol. The maximum atomic E-state index is 12.0. The molecule has 8 heteroatoms. The third kappa shape index (κ3) is 7.56. The minimum absolute atomic E-state index is 0.00211. The van der Waals surface area contributed by atoms with Gasteiger partial charge in [-0.3, -0.25) is 9.59 Å². The van der Waals surface area contributed by atoms with Gasteiger partial charge in [0.25, 0.3) is 0 Å². The predicted molar refractivity (Wildman–Crippen MR) is 91.8 cm³/mol. The average Bonchev–Trinajstić information content (AvgIpc) is 2.55. The first kappa shape index (κ1) is 20.1. The van der Waals surface area contributed by atoms with Crippen LogP contribution in [-0.4, -0.2) is 39.4 Å². The van der Waals surface area contributed by atoms with E-state index in [1.807, 2.05) is 13.8 Å². The van der Waals surface area contributed by atoms with Crippen molar-refractivity contribution in [2.24, 2.45) is 0 Å². The Balaban J connectivity index is 2.24. The zero-order chi connectivity index (χ0) is 18.0. The SMILES string of the molecule is CCC(C)NC(=O)CCNC(=O)CCNS(=O)(=O)c1ccccc1. The molecule has 1 atom stereocenters. The lowest BCUT2D eigenvalue weighted by molar-refractivity contribution is -0.122. The highest BCUT2D eigenvalue weighted by molar-refractivity contribution is 7.89. The normalized spacial score (nSPS) is 12.4. The summed E-state index contributed by atoms with van der Waals surface area (Å²) in [7, 11) is -3.60. The van der Waals surface area contributed by atoms with Crippen molar-refractivity contribution in [1.82, 2.24) is 15.4 Å². The molecule has 0 aromatic heterocycles. The van der Waals surface area contributed by atoms with Crippen molar-refractivity contribution in [2.75, 3.05) is 13.1 Å². The van der Waals surface area contributed by atoms with E-state index < -0.39 is 10.0 Å². The Morgan fingerprint density at radius 1 is 1.04 bits per heavy atom. The number of hydrogen-bond donors (Lipinski definition) is 3. The summed E-state index contributed by atoms with van der Waals surface area (Å²) >= 11 is 0. The molecular formula is C16H25N3O4S. The Hall–Kier alpha value is -1.93. The maximum Gasteiger partial charge on any atom is 0.240 e. The fourth-order valence-electron chi connectivity index (χ4n) is 1.83. The highest BCUT2D eigenvalue weighted by atomic mass is 32.2. The number of hydrogen-bond acceptors (Lipinski definition) is 4. The van der Waals surface area contributed by atoms with Crippen molar-refractivity contribution >= 4 is 21.8 Å². The summed E-state index contributed by atoms with van der Waals surface area (Å²) in [6.45, 7) is 4.12. The van der Waals surface area contributed by atoms with E-state index in [2.05, 4.69) is 15.4 Å². The van der Waals surface area contributed by atoms with Gasteiger partial charge in [0.2, 0.25) is 21.8 Å². The van der Waals surface area contributed by atoms with Gasteiger partial charge in [-0.2, -0.15) is 0 Å². The molecule has 0 saturated carbocycles. The second-order valence-corrected chi connectivity index (χ2v) is 7.20. The zero-order valence-electron chi connectivity index (χ0n) is 14.0. The summed E-state index contributed by atoms with van der Waals surface area (Å²) in [5.41, 5.74) is 0. The number of amides is 2. The highest BCUT2D eigenvalue weighted by Gasteiger charge is 2.13. The Labute approximate surface area is 143 Å².